The monoisotopic (exact) mass is 594 g/mol. The van der Waals surface area contributed by atoms with E-state index in [1.54, 1.807) is 23.2 Å². The summed E-state index contributed by atoms with van der Waals surface area (Å²) >= 11 is 5.37. The molecule has 15 heteroatoms. The van der Waals surface area contributed by atoms with Gasteiger partial charge in [-0.2, -0.15) is 0 Å². The number of hydrogen-bond donors (Lipinski definition) is 4. The zero-order valence-corrected chi connectivity index (χ0v) is 23.1. The summed E-state index contributed by atoms with van der Waals surface area (Å²) in [5.41, 5.74) is 3.14. The predicted molar refractivity (Wildman–Crippen MR) is 155 cm³/mol. The molecule has 6 rings (SSSR count). The third-order valence-corrected chi connectivity index (χ3v) is 8.26. The average Bonchev–Trinajstić information content (AvgIpc) is 3.73. The summed E-state index contributed by atoms with van der Waals surface area (Å²) < 4.78 is 6.08. The number of amides is 2. The number of thiazole rings is 2. The second-order valence-corrected chi connectivity index (χ2v) is 11.6. The van der Waals surface area contributed by atoms with Gasteiger partial charge in [-0.1, -0.05) is 23.5 Å². The zero-order valence-electron chi connectivity index (χ0n) is 19.8. The number of carbonyl (C=O) groups is 2. The Morgan fingerprint density at radius 3 is 1.69 bits per heavy atom. The fraction of sp³-hybridized carbons (Fsp3) is 0.0833. The Hall–Kier alpha value is -3.92. The van der Waals surface area contributed by atoms with Gasteiger partial charge < -0.3 is 25.3 Å². The van der Waals surface area contributed by atoms with E-state index in [9.17, 15) is 9.59 Å². The Balaban J connectivity index is 1.07. The first-order valence-corrected chi connectivity index (χ1v) is 15.1. The summed E-state index contributed by atoms with van der Waals surface area (Å²) in [6.45, 7) is 0. The molecule has 0 radical (unpaired) electrons. The minimum absolute atomic E-state index is 0.144. The highest BCUT2D eigenvalue weighted by atomic mass is 32.2. The lowest BCUT2D eigenvalue weighted by Gasteiger charge is -2.05. The summed E-state index contributed by atoms with van der Waals surface area (Å²) in [5.74, 6) is 1.41. The van der Waals surface area contributed by atoms with Gasteiger partial charge in [0.2, 0.25) is 11.8 Å². The quantitative estimate of drug-likeness (QED) is 0.148. The van der Waals surface area contributed by atoms with Crippen molar-refractivity contribution in [1.82, 2.24) is 29.9 Å². The van der Waals surface area contributed by atoms with Gasteiger partial charge in [0.05, 0.1) is 33.6 Å². The number of ether oxygens (including phenoxy) is 1. The van der Waals surface area contributed by atoms with Crippen LogP contribution in [-0.4, -0.2) is 53.2 Å². The topological polar surface area (TPSA) is 151 Å². The fourth-order valence-corrected chi connectivity index (χ4v) is 5.94. The maximum absolute atomic E-state index is 12.1. The van der Waals surface area contributed by atoms with Crippen molar-refractivity contribution < 1.29 is 14.3 Å². The maximum atomic E-state index is 12.1. The van der Waals surface area contributed by atoms with Crippen LogP contribution >= 0.6 is 46.2 Å². The average molecular weight is 595 g/mol. The first-order chi connectivity index (χ1) is 19.1. The van der Waals surface area contributed by atoms with Gasteiger partial charge in [-0.05, 0) is 24.3 Å². The number of carbonyl (C=O) groups excluding carboxylic acids is 2. The molecule has 6 aromatic rings. The lowest BCUT2D eigenvalue weighted by atomic mass is 10.3. The highest BCUT2D eigenvalue weighted by Crippen LogP contribution is 2.29. The predicted octanol–water partition coefficient (Wildman–Crippen LogP) is 5.61. The fourth-order valence-electron chi connectivity index (χ4n) is 3.48. The van der Waals surface area contributed by atoms with Crippen molar-refractivity contribution in [3.8, 4) is 11.5 Å². The molecule has 0 aliphatic rings. The molecule has 11 nitrogen and oxygen atoms in total. The van der Waals surface area contributed by atoms with Crippen molar-refractivity contribution in [2.24, 2.45) is 0 Å². The third-order valence-electron chi connectivity index (χ3n) is 5.14. The van der Waals surface area contributed by atoms with Crippen LogP contribution in [-0.2, 0) is 9.59 Å². The van der Waals surface area contributed by atoms with E-state index in [1.165, 1.54) is 46.2 Å². The minimum atomic E-state index is -0.144. The van der Waals surface area contributed by atoms with Crippen LogP contribution in [0.3, 0.4) is 0 Å². The normalized spacial score (nSPS) is 11.2. The van der Waals surface area contributed by atoms with E-state index in [1.807, 2.05) is 36.4 Å². The van der Waals surface area contributed by atoms with Gasteiger partial charge >= 0.3 is 0 Å². The summed E-state index contributed by atoms with van der Waals surface area (Å²) in [7, 11) is 0. The van der Waals surface area contributed by atoms with Crippen LogP contribution in [0.4, 0.5) is 10.3 Å². The number of aromatic amines is 2. The number of benzene rings is 2. The molecule has 4 N–H and O–H groups in total. The van der Waals surface area contributed by atoms with E-state index in [0.29, 0.717) is 32.1 Å². The van der Waals surface area contributed by atoms with Crippen LogP contribution in [0.5, 0.6) is 11.5 Å². The lowest BCUT2D eigenvalue weighted by Crippen LogP contribution is -2.13. The van der Waals surface area contributed by atoms with E-state index in [4.69, 9.17) is 4.74 Å². The van der Waals surface area contributed by atoms with E-state index < -0.39 is 0 Å². The molecular formula is C24H18N8O3S4. The van der Waals surface area contributed by atoms with Crippen LogP contribution in [0.1, 0.15) is 0 Å². The SMILES string of the molecule is O=C(CSc1nc2ccc(Oc3ccc4nc(SCC(=O)Nc5nccs5)[nH]c4c3)cc2[nH]1)Nc1nccs1. The number of hydrogen-bond acceptors (Lipinski definition) is 11. The second kappa shape index (κ2) is 11.4. The summed E-state index contributed by atoms with van der Waals surface area (Å²) in [5, 5.41) is 11.5. The molecular weight excluding hydrogens is 577 g/mol. The van der Waals surface area contributed by atoms with Gasteiger partial charge in [0.25, 0.3) is 0 Å². The van der Waals surface area contributed by atoms with Crippen LogP contribution < -0.4 is 15.4 Å². The molecule has 4 heterocycles. The highest BCUT2D eigenvalue weighted by molar-refractivity contribution is 8.00. The van der Waals surface area contributed by atoms with Crippen molar-refractivity contribution in [2.45, 2.75) is 10.3 Å². The number of thioether (sulfide) groups is 2. The van der Waals surface area contributed by atoms with Gasteiger partial charge in [-0.15, -0.1) is 22.7 Å². The third kappa shape index (κ3) is 6.39. The summed E-state index contributed by atoms with van der Waals surface area (Å²) in [6.07, 6.45) is 3.29. The molecule has 2 aromatic carbocycles. The molecule has 0 saturated heterocycles. The van der Waals surface area contributed by atoms with Crippen LogP contribution in [0.25, 0.3) is 22.1 Å². The van der Waals surface area contributed by atoms with Crippen molar-refractivity contribution in [1.29, 1.82) is 0 Å². The molecule has 2 amide bonds. The van der Waals surface area contributed by atoms with Gasteiger partial charge in [0.1, 0.15) is 11.5 Å². The van der Waals surface area contributed by atoms with Crippen molar-refractivity contribution in [2.75, 3.05) is 22.1 Å². The van der Waals surface area contributed by atoms with Gasteiger partial charge in [-0.3, -0.25) is 9.59 Å². The number of nitrogens with zero attached hydrogens (tertiary/aromatic N) is 4. The van der Waals surface area contributed by atoms with Crippen molar-refractivity contribution >= 4 is 90.3 Å². The molecule has 0 bridgehead atoms. The molecule has 0 aliphatic heterocycles. The van der Waals surface area contributed by atoms with Crippen molar-refractivity contribution in [3.05, 3.63) is 59.6 Å². The highest BCUT2D eigenvalue weighted by Gasteiger charge is 2.12. The van der Waals surface area contributed by atoms with Crippen LogP contribution in [0, 0.1) is 0 Å². The number of aromatic nitrogens is 6. The molecule has 0 atom stereocenters. The molecule has 0 saturated carbocycles. The van der Waals surface area contributed by atoms with E-state index >= 15 is 0 Å². The first-order valence-electron chi connectivity index (χ1n) is 11.4. The van der Waals surface area contributed by atoms with E-state index in [0.717, 1.165) is 22.1 Å². The minimum Gasteiger partial charge on any atom is -0.457 e. The first kappa shape index (κ1) is 25.4. The summed E-state index contributed by atoms with van der Waals surface area (Å²) in [6, 6.07) is 11.1. The van der Waals surface area contributed by atoms with Gasteiger partial charge in [-0.25, -0.2) is 19.9 Å². The molecule has 0 aliphatic carbocycles. The van der Waals surface area contributed by atoms with Crippen molar-refractivity contribution in [3.63, 3.8) is 0 Å². The Morgan fingerprint density at radius 1 is 0.769 bits per heavy atom. The largest absolute Gasteiger partial charge is 0.457 e. The smallest absolute Gasteiger partial charge is 0.236 e. The maximum Gasteiger partial charge on any atom is 0.236 e. The molecule has 4 aromatic heterocycles. The Morgan fingerprint density at radius 2 is 1.26 bits per heavy atom. The van der Waals surface area contributed by atoms with E-state index in [-0.39, 0.29) is 23.3 Å². The lowest BCUT2D eigenvalue weighted by molar-refractivity contribution is -0.114. The van der Waals surface area contributed by atoms with Gasteiger partial charge in [0.15, 0.2) is 20.6 Å². The number of anilines is 2. The molecule has 0 unspecified atom stereocenters. The number of rotatable bonds is 10. The zero-order chi connectivity index (χ0) is 26.6. The van der Waals surface area contributed by atoms with E-state index in [2.05, 4.69) is 40.5 Å². The second-order valence-electron chi connectivity index (χ2n) is 7.89. The molecule has 39 heavy (non-hydrogen) atoms. The van der Waals surface area contributed by atoms with Crippen LogP contribution in [0.15, 0.2) is 69.9 Å². The number of H-pyrrole nitrogens is 2. The Labute approximate surface area is 237 Å². The Bertz CT molecular complexity index is 1620. The Kier molecular flexibility index (Phi) is 7.44. The summed E-state index contributed by atoms with van der Waals surface area (Å²) in [4.78, 5) is 47.9. The van der Waals surface area contributed by atoms with Gasteiger partial charge in [0, 0.05) is 35.3 Å². The van der Waals surface area contributed by atoms with Crippen LogP contribution in [0.2, 0.25) is 0 Å². The molecule has 0 fully saturated rings. The number of imidazole rings is 2. The molecule has 196 valence electrons. The molecule has 0 spiro atoms. The standard InChI is InChI=1S/C24H18N8O3S4/c33-19(31-21-25-5-7-36-21)11-38-23-27-15-3-1-13(9-17(15)29-23)35-14-2-4-16-18(10-14)30-24(28-16)39-12-20(34)32-22-26-6-8-37-22/h1-10H,11-12H2,(H,27,29)(H,28,30)(H,25,31,33)(H,26,32,34). The number of fused-ring (bicyclic) bond motifs is 2. The number of nitrogens with one attached hydrogen (secondary N) is 4.